The summed E-state index contributed by atoms with van der Waals surface area (Å²) < 4.78 is 5.50. The maximum Gasteiger partial charge on any atom is 0.408 e. The average Bonchev–Trinajstić information content (AvgIpc) is 2.93. The molecule has 0 fully saturated rings. The molecule has 0 aliphatic heterocycles. The molecule has 0 bridgehead atoms. The van der Waals surface area contributed by atoms with Crippen molar-refractivity contribution in [2.45, 2.75) is 91.5 Å². The van der Waals surface area contributed by atoms with E-state index in [0.717, 1.165) is 11.1 Å². The topological polar surface area (TPSA) is 128 Å². The van der Waals surface area contributed by atoms with Crippen molar-refractivity contribution in [2.75, 3.05) is 5.32 Å². The van der Waals surface area contributed by atoms with Gasteiger partial charge in [-0.1, -0.05) is 55.5 Å². The van der Waals surface area contributed by atoms with E-state index in [9.17, 15) is 24.6 Å². The predicted molar refractivity (Wildman–Crippen MR) is 172 cm³/mol. The first kappa shape index (κ1) is 34.0. The summed E-state index contributed by atoms with van der Waals surface area (Å²) in [6, 6.07) is 16.0. The van der Waals surface area contributed by atoms with Crippen molar-refractivity contribution < 1.29 is 29.3 Å². The Bertz CT molecular complexity index is 1460. The molecule has 0 saturated heterocycles. The minimum atomic E-state index is -1.26. The first-order valence-corrected chi connectivity index (χ1v) is 14.8. The molecular formula is C35H45N3O6. The van der Waals surface area contributed by atoms with E-state index in [-0.39, 0.29) is 23.5 Å². The van der Waals surface area contributed by atoms with Crippen LogP contribution in [-0.4, -0.2) is 50.2 Å². The number of benzene rings is 3. The fraction of sp³-hybridized carbons (Fsp3) is 0.400. The van der Waals surface area contributed by atoms with Gasteiger partial charge < -0.3 is 30.5 Å². The summed E-state index contributed by atoms with van der Waals surface area (Å²) in [5.74, 6) is -1.14. The first-order chi connectivity index (χ1) is 20.5. The van der Waals surface area contributed by atoms with Crippen LogP contribution in [0.25, 0.3) is 0 Å². The van der Waals surface area contributed by atoms with Crippen molar-refractivity contribution in [2.24, 2.45) is 0 Å². The molecule has 0 spiro atoms. The highest BCUT2D eigenvalue weighted by Gasteiger charge is 2.44. The number of rotatable bonds is 10. The number of hydrogen-bond acceptors (Lipinski definition) is 6. The van der Waals surface area contributed by atoms with Gasteiger partial charge in [0, 0.05) is 23.2 Å². The van der Waals surface area contributed by atoms with Crippen LogP contribution >= 0.6 is 0 Å². The number of alkyl carbamates (subject to hydrolysis) is 1. The van der Waals surface area contributed by atoms with Crippen LogP contribution < -0.4 is 10.6 Å². The molecule has 0 radical (unpaired) electrons. The second-order valence-electron chi connectivity index (χ2n) is 12.7. The lowest BCUT2D eigenvalue weighted by Gasteiger charge is -2.44. The number of amides is 3. The number of nitrogens with zero attached hydrogens (tertiary/aromatic N) is 1. The molecule has 9 heteroatoms. The SMILES string of the molecule is CCC(C)(C)N(C(=O)C(Cc1ccc(O)cc1)NC(=O)OC(C)(C)C)C(C(=O)Nc1c(C)cccc1C)c1ccccc1O. The normalized spacial score (nSPS) is 13.0. The third-order valence-corrected chi connectivity index (χ3v) is 7.59. The maximum atomic E-state index is 14.8. The number of carbonyl (C=O) groups is 3. The molecule has 3 amide bonds. The van der Waals surface area contributed by atoms with Gasteiger partial charge in [-0.3, -0.25) is 9.59 Å². The van der Waals surface area contributed by atoms with E-state index in [2.05, 4.69) is 10.6 Å². The molecule has 0 aliphatic rings. The number of phenols is 2. The zero-order chi connectivity index (χ0) is 32.8. The van der Waals surface area contributed by atoms with E-state index in [1.807, 2.05) is 52.8 Å². The zero-order valence-corrected chi connectivity index (χ0v) is 26.9. The first-order valence-electron chi connectivity index (χ1n) is 14.8. The van der Waals surface area contributed by atoms with Gasteiger partial charge >= 0.3 is 6.09 Å². The highest BCUT2D eigenvalue weighted by atomic mass is 16.6. The second-order valence-corrected chi connectivity index (χ2v) is 12.7. The minimum Gasteiger partial charge on any atom is -0.508 e. The Morgan fingerprint density at radius 2 is 1.45 bits per heavy atom. The fourth-order valence-corrected chi connectivity index (χ4v) is 4.95. The summed E-state index contributed by atoms with van der Waals surface area (Å²) in [5, 5.41) is 26.6. The van der Waals surface area contributed by atoms with Crippen LogP contribution in [0.2, 0.25) is 0 Å². The van der Waals surface area contributed by atoms with E-state index in [4.69, 9.17) is 4.74 Å². The Labute approximate surface area is 260 Å². The van der Waals surface area contributed by atoms with Gasteiger partial charge in [-0.25, -0.2) is 4.79 Å². The van der Waals surface area contributed by atoms with Crippen LogP contribution in [-0.2, 0) is 20.7 Å². The van der Waals surface area contributed by atoms with Crippen molar-refractivity contribution in [3.63, 3.8) is 0 Å². The van der Waals surface area contributed by atoms with Crippen LogP contribution in [0.4, 0.5) is 10.5 Å². The van der Waals surface area contributed by atoms with E-state index in [1.165, 1.54) is 23.1 Å². The smallest absolute Gasteiger partial charge is 0.408 e. The van der Waals surface area contributed by atoms with Crippen LogP contribution in [0.5, 0.6) is 11.5 Å². The minimum absolute atomic E-state index is 0.0562. The van der Waals surface area contributed by atoms with Gasteiger partial charge in [0.25, 0.3) is 5.91 Å². The Morgan fingerprint density at radius 1 is 0.864 bits per heavy atom. The van der Waals surface area contributed by atoms with Gasteiger partial charge in [-0.2, -0.15) is 0 Å². The van der Waals surface area contributed by atoms with Crippen molar-refractivity contribution in [3.05, 3.63) is 89.0 Å². The second kappa shape index (κ2) is 13.8. The molecule has 0 aliphatic carbocycles. The number of hydrogen-bond donors (Lipinski definition) is 4. The number of anilines is 1. The predicted octanol–water partition coefficient (Wildman–Crippen LogP) is 6.55. The lowest BCUT2D eigenvalue weighted by atomic mass is 9.90. The summed E-state index contributed by atoms with van der Waals surface area (Å²) in [4.78, 5) is 43.6. The molecule has 3 aromatic rings. The Balaban J connectivity index is 2.18. The molecule has 0 aromatic heterocycles. The van der Waals surface area contributed by atoms with Gasteiger partial charge in [-0.05, 0) is 89.8 Å². The van der Waals surface area contributed by atoms with Crippen molar-refractivity contribution >= 4 is 23.6 Å². The van der Waals surface area contributed by atoms with Gasteiger partial charge in [0.05, 0.1) is 0 Å². The number of carbonyl (C=O) groups excluding carboxylic acids is 3. The summed E-state index contributed by atoms with van der Waals surface area (Å²) in [7, 11) is 0. The van der Waals surface area contributed by atoms with E-state index in [0.29, 0.717) is 17.7 Å². The Kier molecular flexibility index (Phi) is 10.7. The number of aromatic hydroxyl groups is 2. The molecule has 44 heavy (non-hydrogen) atoms. The maximum absolute atomic E-state index is 14.8. The summed E-state index contributed by atoms with van der Waals surface area (Å²) in [6.07, 6.45) is -0.276. The van der Waals surface area contributed by atoms with Gasteiger partial charge in [0.15, 0.2) is 0 Å². The van der Waals surface area contributed by atoms with Crippen LogP contribution in [0.1, 0.15) is 76.3 Å². The van der Waals surface area contributed by atoms with E-state index < -0.39 is 41.1 Å². The third kappa shape index (κ3) is 8.52. The van der Waals surface area contributed by atoms with Crippen molar-refractivity contribution in [1.29, 1.82) is 0 Å². The molecule has 236 valence electrons. The quantitative estimate of drug-likeness (QED) is 0.208. The van der Waals surface area contributed by atoms with Crippen molar-refractivity contribution in [1.82, 2.24) is 10.2 Å². The van der Waals surface area contributed by atoms with Crippen LogP contribution in [0.15, 0.2) is 66.7 Å². The molecule has 0 heterocycles. The van der Waals surface area contributed by atoms with Crippen LogP contribution in [0, 0.1) is 13.8 Å². The molecule has 4 N–H and O–H groups in total. The molecule has 2 atom stereocenters. The van der Waals surface area contributed by atoms with Gasteiger partial charge in [0.1, 0.15) is 29.2 Å². The lowest BCUT2D eigenvalue weighted by molar-refractivity contribution is -0.147. The molecule has 3 rings (SSSR count). The fourth-order valence-electron chi connectivity index (χ4n) is 4.95. The number of ether oxygens (including phenoxy) is 1. The van der Waals surface area contributed by atoms with Gasteiger partial charge in [-0.15, -0.1) is 0 Å². The molecule has 2 unspecified atom stereocenters. The largest absolute Gasteiger partial charge is 0.508 e. The highest BCUT2D eigenvalue weighted by molar-refractivity contribution is 6.00. The summed E-state index contributed by atoms with van der Waals surface area (Å²) >= 11 is 0. The molecular weight excluding hydrogens is 558 g/mol. The number of nitrogens with one attached hydrogen (secondary N) is 2. The van der Waals surface area contributed by atoms with Gasteiger partial charge in [0.2, 0.25) is 5.91 Å². The standard InChI is InChI=1S/C35H45N3O6/c1-9-35(7,8)38(32(42)27(36-33(43)44-34(4,5)6)21-24-17-19-25(39)20-18-24)30(26-15-10-11-16-28(26)40)31(41)37-29-22(2)13-12-14-23(29)3/h10-20,27,30,39-40H,9,21H2,1-8H3,(H,36,43)(H,37,41). The number of aryl methyl sites for hydroxylation is 2. The Morgan fingerprint density at radius 3 is 2.00 bits per heavy atom. The van der Waals surface area contributed by atoms with E-state index in [1.54, 1.807) is 51.1 Å². The molecule has 3 aromatic carbocycles. The number of para-hydroxylation sites is 2. The molecule has 0 saturated carbocycles. The van der Waals surface area contributed by atoms with Crippen molar-refractivity contribution in [3.8, 4) is 11.5 Å². The van der Waals surface area contributed by atoms with Crippen LogP contribution in [0.3, 0.4) is 0 Å². The van der Waals surface area contributed by atoms with E-state index >= 15 is 0 Å². The third-order valence-electron chi connectivity index (χ3n) is 7.59. The zero-order valence-electron chi connectivity index (χ0n) is 26.9. The Hall–Kier alpha value is -4.53. The molecule has 9 nitrogen and oxygen atoms in total. The number of phenolic OH excluding ortho intramolecular Hbond substituents is 2. The summed E-state index contributed by atoms with van der Waals surface area (Å²) in [5.41, 5.74) is 1.50. The average molecular weight is 604 g/mol. The lowest BCUT2D eigenvalue weighted by Crippen LogP contribution is -2.59. The summed E-state index contributed by atoms with van der Waals surface area (Å²) in [6.45, 7) is 14.5. The monoisotopic (exact) mass is 603 g/mol. The highest BCUT2D eigenvalue weighted by Crippen LogP contribution is 2.37.